The van der Waals surface area contributed by atoms with Crippen LogP contribution in [0.1, 0.15) is 38.8 Å². The first-order chi connectivity index (χ1) is 23.7. The third-order valence-electron chi connectivity index (χ3n) is 6.69. The molecular weight excluding hydrogens is 670 g/mol. The van der Waals surface area contributed by atoms with Crippen molar-refractivity contribution in [3.8, 4) is 34.4 Å². The van der Waals surface area contributed by atoms with Gasteiger partial charge in [-0.25, -0.2) is 9.97 Å². The Morgan fingerprint density at radius 3 is 1.40 bits per heavy atom. The van der Waals surface area contributed by atoms with Crippen LogP contribution in [0.25, 0.3) is 44.3 Å². The van der Waals surface area contributed by atoms with E-state index in [2.05, 4.69) is 42.3 Å². The number of alkyl halides is 6. The zero-order valence-corrected chi connectivity index (χ0v) is 26.3. The number of carbonyl (C=O) groups excluding carboxylic acids is 2. The first-order valence-corrected chi connectivity index (χ1v) is 14.4. The summed E-state index contributed by atoms with van der Waals surface area (Å²) in [7, 11) is 0. The van der Waals surface area contributed by atoms with Gasteiger partial charge in [-0.05, 0) is 49.2 Å². The highest BCUT2D eigenvalue weighted by Crippen LogP contribution is 2.28. The first kappa shape index (κ1) is 38.2. The molecule has 2 atom stereocenters. The molecule has 0 amide bonds. The maximum atomic E-state index is 10.4. The smallest absolute Gasteiger partial charge is 0.346 e. The van der Waals surface area contributed by atoms with Gasteiger partial charge in [-0.15, -0.1) is 0 Å². The monoisotopic (exact) mass is 698 g/mol. The van der Waals surface area contributed by atoms with E-state index in [0.717, 1.165) is 44.3 Å². The Bertz CT molecular complexity index is 1930. The average Bonchev–Trinajstić information content (AvgIpc) is 3.91. The van der Waals surface area contributed by atoms with E-state index in [1.165, 1.54) is 0 Å². The molecule has 2 N–H and O–H groups in total. The summed E-state index contributed by atoms with van der Waals surface area (Å²) in [6.07, 6.45) is 4.44. The topological polar surface area (TPSA) is 175 Å². The fraction of sp³-hybridized carbons (Fsp3) is 0.250. The molecule has 0 bridgehead atoms. The maximum absolute atomic E-state index is 10.4. The van der Waals surface area contributed by atoms with Gasteiger partial charge in [0.15, 0.2) is 0 Å². The van der Waals surface area contributed by atoms with Gasteiger partial charge in [0.25, 0.3) is 0 Å². The maximum Gasteiger partial charge on any atom is 0.446 e. The highest BCUT2D eigenvalue weighted by Gasteiger charge is 2.25. The molecule has 0 saturated heterocycles. The summed E-state index contributed by atoms with van der Waals surface area (Å²) in [5, 5.41) is 28.3. The van der Waals surface area contributed by atoms with Gasteiger partial charge in [0.1, 0.15) is 11.3 Å². The van der Waals surface area contributed by atoms with E-state index in [-0.39, 0.29) is 12.1 Å². The minimum absolute atomic E-state index is 0.0855. The minimum atomic E-state index is -4.64. The second-order valence-corrected chi connectivity index (χ2v) is 10.4. The van der Waals surface area contributed by atoms with E-state index < -0.39 is 24.9 Å². The molecule has 0 radical (unpaired) electrons. The Morgan fingerprint density at radius 2 is 1.08 bits per heavy atom. The number of aromatic amines is 2. The van der Waals surface area contributed by atoms with Crippen molar-refractivity contribution in [1.29, 1.82) is 10.5 Å². The lowest BCUT2D eigenvalue weighted by Gasteiger charge is -2.06. The molecule has 0 unspecified atom stereocenters. The van der Waals surface area contributed by atoms with Crippen molar-refractivity contribution >= 4 is 34.6 Å². The van der Waals surface area contributed by atoms with Gasteiger partial charge in [0.05, 0.1) is 49.5 Å². The molecule has 0 aromatic carbocycles. The zero-order valence-electron chi connectivity index (χ0n) is 26.3. The number of nitrogens with zero attached hydrogens (tertiary/aromatic N) is 8. The first-order valence-electron chi connectivity index (χ1n) is 14.4. The molecule has 6 rings (SSSR count). The van der Waals surface area contributed by atoms with E-state index in [4.69, 9.17) is 20.1 Å². The second-order valence-electron chi connectivity index (χ2n) is 10.4. The number of nitrogens with one attached hydrogen (secondary N) is 2. The predicted octanol–water partition coefficient (Wildman–Crippen LogP) is 7.30. The normalized spacial score (nSPS) is 12.1. The number of aldehydes is 2. The lowest BCUT2D eigenvalue weighted by atomic mass is 10.1. The van der Waals surface area contributed by atoms with E-state index in [9.17, 15) is 26.3 Å². The van der Waals surface area contributed by atoms with Gasteiger partial charge >= 0.3 is 12.4 Å². The van der Waals surface area contributed by atoms with Crippen LogP contribution in [0.4, 0.5) is 26.3 Å². The fourth-order valence-electron chi connectivity index (χ4n) is 4.31. The number of pyridine rings is 2. The van der Waals surface area contributed by atoms with Gasteiger partial charge in [-0.3, -0.25) is 19.0 Å². The largest absolute Gasteiger partial charge is 0.446 e. The number of hydrogen-bond donors (Lipinski definition) is 2. The third-order valence-corrected chi connectivity index (χ3v) is 6.69. The van der Waals surface area contributed by atoms with Crippen LogP contribution in [-0.2, 0) is 9.59 Å². The molecule has 6 aromatic rings. The quantitative estimate of drug-likeness (QED) is 0.135. The van der Waals surface area contributed by atoms with Crippen molar-refractivity contribution in [3.63, 3.8) is 0 Å². The predicted molar refractivity (Wildman–Crippen MR) is 169 cm³/mol. The van der Waals surface area contributed by atoms with E-state index in [1.807, 2.05) is 84.7 Å². The fourth-order valence-corrected chi connectivity index (χ4v) is 4.31. The summed E-state index contributed by atoms with van der Waals surface area (Å²) in [4.78, 5) is 32.1. The molecule has 6 aromatic heterocycles. The lowest BCUT2D eigenvalue weighted by Crippen LogP contribution is -2.07. The summed E-state index contributed by atoms with van der Waals surface area (Å²) in [6.45, 7) is 3.97. The van der Waals surface area contributed by atoms with Crippen LogP contribution >= 0.6 is 0 Å². The van der Waals surface area contributed by atoms with Crippen molar-refractivity contribution in [1.82, 2.24) is 39.5 Å². The highest BCUT2D eigenvalue weighted by atomic mass is 19.4. The van der Waals surface area contributed by atoms with E-state index >= 15 is 0 Å². The molecular formula is C32H28F6N10O2. The van der Waals surface area contributed by atoms with Crippen LogP contribution in [0.5, 0.6) is 0 Å². The summed E-state index contributed by atoms with van der Waals surface area (Å²) in [5.74, 6) is 0. The van der Waals surface area contributed by atoms with Crippen molar-refractivity contribution in [2.45, 2.75) is 51.1 Å². The number of rotatable bonds is 6. The van der Waals surface area contributed by atoms with Gasteiger partial charge in [-0.2, -0.15) is 47.1 Å². The molecule has 50 heavy (non-hydrogen) atoms. The Morgan fingerprint density at radius 1 is 0.720 bits per heavy atom. The zero-order chi connectivity index (χ0) is 36.9. The summed E-state index contributed by atoms with van der Waals surface area (Å²) >= 11 is 0. The Balaban J connectivity index is 0.000000206. The van der Waals surface area contributed by atoms with Gasteiger partial charge in [0.2, 0.25) is 12.6 Å². The number of H-pyrrole nitrogens is 2. The van der Waals surface area contributed by atoms with Crippen LogP contribution in [0.3, 0.4) is 0 Å². The van der Waals surface area contributed by atoms with Crippen molar-refractivity contribution in [2.24, 2.45) is 0 Å². The van der Waals surface area contributed by atoms with E-state index in [0.29, 0.717) is 12.8 Å². The molecule has 260 valence electrons. The van der Waals surface area contributed by atoms with Crippen LogP contribution in [0, 0.1) is 22.7 Å². The summed E-state index contributed by atoms with van der Waals surface area (Å²) in [6, 6.07) is 12.5. The summed E-state index contributed by atoms with van der Waals surface area (Å²) < 4.78 is 66.2. The van der Waals surface area contributed by atoms with Crippen LogP contribution in [-0.4, -0.2) is 64.4 Å². The molecule has 18 heteroatoms. The van der Waals surface area contributed by atoms with Gasteiger partial charge in [0, 0.05) is 59.1 Å². The summed E-state index contributed by atoms with van der Waals surface area (Å²) in [5.41, 5.74) is 6.02. The van der Waals surface area contributed by atoms with Crippen LogP contribution in [0.15, 0.2) is 73.8 Å². The van der Waals surface area contributed by atoms with Crippen molar-refractivity contribution in [2.75, 3.05) is 0 Å². The molecule has 0 spiro atoms. The molecule has 0 fully saturated rings. The number of carbonyl (C=O) groups is 2. The number of nitriles is 2. The number of halogens is 6. The Hall–Kier alpha value is -6.30. The van der Waals surface area contributed by atoms with Crippen molar-refractivity contribution < 1.29 is 35.9 Å². The standard InChI is InChI=1S/2C14H13N5.2C2HF3O/c2*1-10(2-5-15)19-9-11(8-18-19)12-3-6-16-14-13(12)4-7-17-14;2*3-2(4,5)1-6/h2*3-4,6-10H,2H2,1H3,(H,16,17);2*1H/t2*10-;;/m10../s1. The average molecular weight is 699 g/mol. The molecule has 0 aliphatic carbocycles. The van der Waals surface area contributed by atoms with Crippen LogP contribution in [0.2, 0.25) is 0 Å². The SMILES string of the molecule is C[C@@H](CC#N)n1cc(-c2ccnc3[nH]ccc23)cn1.C[C@H](CC#N)n1cc(-c2ccnc3[nH]ccc23)cn1.O=CC(F)(F)F.O=CC(F)(F)F. The Labute approximate surface area is 280 Å². The van der Waals surface area contributed by atoms with Crippen LogP contribution < -0.4 is 0 Å². The molecule has 0 aliphatic rings. The van der Waals surface area contributed by atoms with Gasteiger partial charge < -0.3 is 9.97 Å². The molecule has 0 aliphatic heterocycles. The molecule has 6 heterocycles. The third kappa shape index (κ3) is 10.9. The molecule has 12 nitrogen and oxygen atoms in total. The minimum Gasteiger partial charge on any atom is -0.346 e. The highest BCUT2D eigenvalue weighted by molar-refractivity contribution is 5.93. The number of hydrogen-bond acceptors (Lipinski definition) is 8. The Kier molecular flexibility index (Phi) is 13.1. The van der Waals surface area contributed by atoms with Gasteiger partial charge in [-0.1, -0.05) is 0 Å². The number of aromatic nitrogens is 8. The molecule has 0 saturated carbocycles. The second kappa shape index (κ2) is 17.2. The lowest BCUT2D eigenvalue weighted by molar-refractivity contribution is -0.156. The number of fused-ring (bicyclic) bond motifs is 2. The van der Waals surface area contributed by atoms with E-state index in [1.54, 1.807) is 12.4 Å². The van der Waals surface area contributed by atoms with Crippen molar-refractivity contribution in [3.05, 3.63) is 73.8 Å².